The lowest BCUT2D eigenvalue weighted by Gasteiger charge is -2.30. The molecule has 0 spiro atoms. The van der Waals surface area contributed by atoms with E-state index in [0.29, 0.717) is 11.4 Å². The number of aliphatic hydroxyl groups excluding tert-OH is 1. The maximum Gasteiger partial charge on any atom is 0.313 e. The first-order valence-corrected chi connectivity index (χ1v) is 13.8. The number of carboxylic acid groups (broad SMARTS) is 1. The van der Waals surface area contributed by atoms with Crippen molar-refractivity contribution in [3.8, 4) is 0 Å². The highest BCUT2D eigenvalue weighted by Gasteiger charge is 2.30. The van der Waals surface area contributed by atoms with Gasteiger partial charge in [0.15, 0.2) is 0 Å². The molecule has 1 atom stereocenters. The number of aliphatic hydroxyl groups is 1. The Hall–Kier alpha value is -2.99. The Balaban J connectivity index is 1.27. The lowest BCUT2D eigenvalue weighted by molar-refractivity contribution is -0.142. The number of nitrogens with zero attached hydrogens (tertiary/aromatic N) is 2. The minimum absolute atomic E-state index is 0.536. The SMILES string of the molecule is CC(C)(C(=O)O)c1ccc(CCCN2CCC(=C3c4ccc(Cl)cc4C(O)Cc4cccnc43)CC2)cc1. The van der Waals surface area contributed by atoms with Crippen LogP contribution in [0.15, 0.2) is 66.4 Å². The quantitative estimate of drug-likeness (QED) is 0.396. The topological polar surface area (TPSA) is 73.7 Å². The number of rotatable bonds is 6. The fourth-order valence-electron chi connectivity index (χ4n) is 5.68. The van der Waals surface area contributed by atoms with Crippen LogP contribution in [-0.2, 0) is 23.1 Å². The molecule has 2 heterocycles. The molecule has 2 N–H and O–H groups in total. The molecule has 1 unspecified atom stereocenters. The normalized spacial score (nSPS) is 18.1. The number of fused-ring (bicyclic) bond motifs is 2. The summed E-state index contributed by atoms with van der Waals surface area (Å²) in [6, 6.07) is 17.9. The molecule has 0 amide bonds. The van der Waals surface area contributed by atoms with Crippen molar-refractivity contribution in [2.45, 2.75) is 57.5 Å². The van der Waals surface area contributed by atoms with Gasteiger partial charge < -0.3 is 15.1 Å². The van der Waals surface area contributed by atoms with Gasteiger partial charge in [-0.05, 0) is 92.1 Å². The van der Waals surface area contributed by atoms with Gasteiger partial charge in [0, 0.05) is 36.3 Å². The summed E-state index contributed by atoms with van der Waals surface area (Å²) in [6.45, 7) is 6.51. The van der Waals surface area contributed by atoms with Crippen molar-refractivity contribution >= 4 is 23.1 Å². The molecule has 1 fully saturated rings. The molecule has 0 radical (unpaired) electrons. The zero-order valence-corrected chi connectivity index (χ0v) is 22.8. The molecule has 2 aliphatic rings. The molecule has 1 aliphatic carbocycles. The van der Waals surface area contributed by atoms with E-state index in [-0.39, 0.29) is 0 Å². The molecule has 38 heavy (non-hydrogen) atoms. The predicted molar refractivity (Wildman–Crippen MR) is 151 cm³/mol. The van der Waals surface area contributed by atoms with E-state index in [9.17, 15) is 15.0 Å². The average molecular weight is 531 g/mol. The third-order valence-electron chi connectivity index (χ3n) is 8.15. The number of hydrogen-bond donors (Lipinski definition) is 2. The summed E-state index contributed by atoms with van der Waals surface area (Å²) in [5.41, 5.74) is 7.78. The van der Waals surface area contributed by atoms with E-state index in [1.807, 2.05) is 42.6 Å². The van der Waals surface area contributed by atoms with Crippen molar-refractivity contribution in [1.82, 2.24) is 9.88 Å². The summed E-state index contributed by atoms with van der Waals surface area (Å²) >= 11 is 6.32. The van der Waals surface area contributed by atoms with Gasteiger partial charge in [0.25, 0.3) is 0 Å². The van der Waals surface area contributed by atoms with Crippen LogP contribution >= 0.6 is 11.6 Å². The third-order valence-corrected chi connectivity index (χ3v) is 8.38. The Kier molecular flexibility index (Phi) is 7.71. The number of pyridine rings is 1. The zero-order chi connectivity index (χ0) is 26.9. The van der Waals surface area contributed by atoms with Crippen LogP contribution in [0, 0.1) is 0 Å². The smallest absolute Gasteiger partial charge is 0.313 e. The number of hydrogen-bond acceptors (Lipinski definition) is 4. The molecular formula is C32H35ClN2O3. The first-order chi connectivity index (χ1) is 18.2. The van der Waals surface area contributed by atoms with Crippen LogP contribution in [0.1, 0.15) is 72.7 Å². The molecule has 1 saturated heterocycles. The van der Waals surface area contributed by atoms with Crippen LogP contribution in [0.3, 0.4) is 0 Å². The van der Waals surface area contributed by atoms with Crippen LogP contribution in [0.4, 0.5) is 0 Å². The third kappa shape index (κ3) is 5.42. The van der Waals surface area contributed by atoms with Gasteiger partial charge in [-0.3, -0.25) is 9.78 Å². The number of carbonyl (C=O) groups is 1. The van der Waals surface area contributed by atoms with Gasteiger partial charge in [-0.15, -0.1) is 0 Å². The molecule has 1 aromatic heterocycles. The van der Waals surface area contributed by atoms with E-state index in [1.54, 1.807) is 13.8 Å². The van der Waals surface area contributed by atoms with Gasteiger partial charge in [-0.1, -0.05) is 53.6 Å². The Bertz CT molecular complexity index is 1350. The maximum atomic E-state index is 11.5. The number of carboxylic acids is 1. The van der Waals surface area contributed by atoms with Crippen LogP contribution in [0.5, 0.6) is 0 Å². The van der Waals surface area contributed by atoms with Crippen LogP contribution in [-0.4, -0.2) is 45.7 Å². The fourth-order valence-corrected chi connectivity index (χ4v) is 5.86. The summed E-state index contributed by atoms with van der Waals surface area (Å²) < 4.78 is 0. The van der Waals surface area contributed by atoms with Gasteiger partial charge in [-0.25, -0.2) is 0 Å². The van der Waals surface area contributed by atoms with Crippen LogP contribution in [0.25, 0.3) is 5.57 Å². The highest BCUT2D eigenvalue weighted by atomic mass is 35.5. The Morgan fingerprint density at radius 2 is 1.84 bits per heavy atom. The van der Waals surface area contributed by atoms with E-state index in [4.69, 9.17) is 16.6 Å². The minimum atomic E-state index is -0.878. The summed E-state index contributed by atoms with van der Waals surface area (Å²) in [6.07, 6.45) is 5.76. The highest BCUT2D eigenvalue weighted by Crippen LogP contribution is 2.41. The molecule has 6 heteroatoms. The molecule has 0 bridgehead atoms. The fraction of sp³-hybridized carbons (Fsp3) is 0.375. The number of halogens is 1. The maximum absolute atomic E-state index is 11.5. The standard InChI is InChI=1S/C32H35ClN2O3/c1-32(2,31(37)38)24-9-7-21(8-10-24)5-4-16-35-17-13-22(14-18-35)29-26-12-11-25(33)20-27(26)28(36)19-23-6-3-15-34-30(23)29/h3,6-12,15,20,28,36H,4-5,13-14,16-19H2,1-2H3,(H,37,38). The molecule has 3 aromatic rings. The summed E-state index contributed by atoms with van der Waals surface area (Å²) in [7, 11) is 0. The molecule has 1 aliphatic heterocycles. The second kappa shape index (κ2) is 11.0. The lowest BCUT2D eigenvalue weighted by atomic mass is 9.84. The largest absolute Gasteiger partial charge is 0.481 e. The molecule has 2 aromatic carbocycles. The second-order valence-corrected chi connectivity index (χ2v) is 11.4. The molecule has 5 nitrogen and oxygen atoms in total. The molecule has 0 saturated carbocycles. The number of benzene rings is 2. The molecule has 5 rings (SSSR count). The van der Waals surface area contributed by atoms with E-state index in [0.717, 1.165) is 73.3 Å². The van der Waals surface area contributed by atoms with E-state index in [1.165, 1.54) is 16.7 Å². The van der Waals surface area contributed by atoms with Crippen molar-refractivity contribution < 1.29 is 15.0 Å². The van der Waals surface area contributed by atoms with Gasteiger partial charge in [-0.2, -0.15) is 0 Å². The summed E-state index contributed by atoms with van der Waals surface area (Å²) in [5, 5.41) is 21.1. The van der Waals surface area contributed by atoms with Crippen molar-refractivity contribution in [3.05, 3.63) is 105 Å². The van der Waals surface area contributed by atoms with Gasteiger partial charge >= 0.3 is 5.97 Å². The van der Waals surface area contributed by atoms with E-state index in [2.05, 4.69) is 23.1 Å². The van der Waals surface area contributed by atoms with Crippen LogP contribution in [0.2, 0.25) is 5.02 Å². The molecule has 198 valence electrons. The van der Waals surface area contributed by atoms with Crippen molar-refractivity contribution in [3.63, 3.8) is 0 Å². The van der Waals surface area contributed by atoms with Gasteiger partial charge in [0.05, 0.1) is 17.2 Å². The lowest BCUT2D eigenvalue weighted by Crippen LogP contribution is -2.32. The average Bonchev–Trinajstić information content (AvgIpc) is 3.03. The Morgan fingerprint density at radius 1 is 1.11 bits per heavy atom. The number of likely N-dealkylation sites (tertiary alicyclic amines) is 1. The summed E-state index contributed by atoms with van der Waals surface area (Å²) in [5.74, 6) is -0.809. The van der Waals surface area contributed by atoms with Crippen LogP contribution < -0.4 is 0 Å². The van der Waals surface area contributed by atoms with Gasteiger partial charge in [0.2, 0.25) is 0 Å². The number of aromatic nitrogens is 1. The van der Waals surface area contributed by atoms with Crippen molar-refractivity contribution in [2.75, 3.05) is 19.6 Å². The first-order valence-electron chi connectivity index (χ1n) is 13.4. The second-order valence-electron chi connectivity index (χ2n) is 11.0. The van der Waals surface area contributed by atoms with Crippen molar-refractivity contribution in [2.24, 2.45) is 0 Å². The van der Waals surface area contributed by atoms with Crippen molar-refractivity contribution in [1.29, 1.82) is 0 Å². The number of aryl methyl sites for hydroxylation is 1. The monoisotopic (exact) mass is 530 g/mol. The Morgan fingerprint density at radius 3 is 2.55 bits per heavy atom. The number of piperidine rings is 1. The first kappa shape index (κ1) is 26.6. The predicted octanol–water partition coefficient (Wildman–Crippen LogP) is 6.22. The zero-order valence-electron chi connectivity index (χ0n) is 22.1. The molecular weight excluding hydrogens is 496 g/mol. The minimum Gasteiger partial charge on any atom is -0.481 e. The summed E-state index contributed by atoms with van der Waals surface area (Å²) in [4.78, 5) is 18.8. The number of aliphatic carboxylic acids is 1. The van der Waals surface area contributed by atoms with E-state index < -0.39 is 17.5 Å². The highest BCUT2D eigenvalue weighted by molar-refractivity contribution is 6.30. The van der Waals surface area contributed by atoms with E-state index >= 15 is 0 Å². The van der Waals surface area contributed by atoms with Gasteiger partial charge in [0.1, 0.15) is 0 Å². The Labute approximate surface area is 229 Å².